The topological polar surface area (TPSA) is 12.0 Å². The predicted octanol–water partition coefficient (Wildman–Crippen LogP) is 3.79. The van der Waals surface area contributed by atoms with Crippen LogP contribution in [0.5, 0.6) is 0 Å². The van der Waals surface area contributed by atoms with Crippen LogP contribution in [0, 0.1) is 11.8 Å². The molecule has 1 aromatic rings. The average molecular weight is 243 g/mol. The second-order valence-corrected chi connectivity index (χ2v) is 6.16. The van der Waals surface area contributed by atoms with Crippen LogP contribution in [-0.2, 0) is 6.42 Å². The summed E-state index contributed by atoms with van der Waals surface area (Å²) in [5.74, 6) is 2.00. The maximum Gasteiger partial charge on any atom is 0.00683 e. The van der Waals surface area contributed by atoms with Crippen molar-refractivity contribution in [1.82, 2.24) is 5.32 Å². The number of hydrogen-bond acceptors (Lipinski definition) is 1. The maximum absolute atomic E-state index is 3.70. The van der Waals surface area contributed by atoms with Gasteiger partial charge in [0.25, 0.3) is 0 Å². The Kier molecular flexibility index (Phi) is 3.99. The van der Waals surface area contributed by atoms with Crippen LogP contribution in [-0.4, -0.2) is 12.6 Å². The number of nitrogens with one attached hydrogen (secondary N) is 1. The SMILES string of the molecule is c1ccc(CCCC2CCC2CNC2CC2)cc1. The molecule has 1 heteroatoms. The van der Waals surface area contributed by atoms with Crippen molar-refractivity contribution in [2.24, 2.45) is 11.8 Å². The second kappa shape index (κ2) is 5.88. The van der Waals surface area contributed by atoms with Gasteiger partial charge in [-0.25, -0.2) is 0 Å². The zero-order chi connectivity index (χ0) is 12.2. The van der Waals surface area contributed by atoms with E-state index in [1.165, 1.54) is 57.1 Å². The highest BCUT2D eigenvalue weighted by molar-refractivity contribution is 5.14. The monoisotopic (exact) mass is 243 g/mol. The summed E-state index contributed by atoms with van der Waals surface area (Å²) >= 11 is 0. The Labute approximate surface area is 111 Å². The maximum atomic E-state index is 3.70. The highest BCUT2D eigenvalue weighted by atomic mass is 14.9. The molecule has 18 heavy (non-hydrogen) atoms. The van der Waals surface area contributed by atoms with Crippen LogP contribution in [0.3, 0.4) is 0 Å². The molecule has 0 heterocycles. The lowest BCUT2D eigenvalue weighted by atomic mass is 9.71. The molecule has 0 spiro atoms. The van der Waals surface area contributed by atoms with Crippen molar-refractivity contribution in [2.75, 3.05) is 6.54 Å². The van der Waals surface area contributed by atoms with Crippen LogP contribution < -0.4 is 5.32 Å². The first-order chi connectivity index (χ1) is 8.92. The third-order valence-corrected chi connectivity index (χ3v) is 4.70. The first kappa shape index (κ1) is 12.2. The summed E-state index contributed by atoms with van der Waals surface area (Å²) in [6.45, 7) is 1.29. The summed E-state index contributed by atoms with van der Waals surface area (Å²) in [4.78, 5) is 0. The van der Waals surface area contributed by atoms with Gasteiger partial charge in [-0.2, -0.15) is 0 Å². The van der Waals surface area contributed by atoms with Gasteiger partial charge < -0.3 is 5.32 Å². The minimum Gasteiger partial charge on any atom is -0.314 e. The smallest absolute Gasteiger partial charge is 0.00683 e. The largest absolute Gasteiger partial charge is 0.314 e. The minimum absolute atomic E-state index is 0.885. The van der Waals surface area contributed by atoms with E-state index in [2.05, 4.69) is 35.6 Å². The lowest BCUT2D eigenvalue weighted by Crippen LogP contribution is -2.36. The lowest BCUT2D eigenvalue weighted by molar-refractivity contribution is 0.157. The lowest BCUT2D eigenvalue weighted by Gasteiger charge is -2.37. The van der Waals surface area contributed by atoms with E-state index in [-0.39, 0.29) is 0 Å². The van der Waals surface area contributed by atoms with Crippen LogP contribution in [0.15, 0.2) is 30.3 Å². The van der Waals surface area contributed by atoms with Crippen LogP contribution in [0.2, 0.25) is 0 Å². The van der Waals surface area contributed by atoms with Crippen LogP contribution in [0.1, 0.15) is 44.1 Å². The van der Waals surface area contributed by atoms with E-state index in [1.54, 1.807) is 0 Å². The molecule has 98 valence electrons. The molecule has 2 saturated carbocycles. The third kappa shape index (κ3) is 3.35. The Hall–Kier alpha value is -0.820. The van der Waals surface area contributed by atoms with Gasteiger partial charge in [-0.05, 0) is 68.9 Å². The Bertz CT molecular complexity index is 355. The van der Waals surface area contributed by atoms with Crippen molar-refractivity contribution in [3.8, 4) is 0 Å². The van der Waals surface area contributed by atoms with Crippen molar-refractivity contribution < 1.29 is 0 Å². The average Bonchev–Trinajstić information content (AvgIpc) is 3.19. The van der Waals surface area contributed by atoms with Crippen molar-refractivity contribution in [3.63, 3.8) is 0 Å². The number of benzene rings is 1. The van der Waals surface area contributed by atoms with E-state index in [0.717, 1.165) is 17.9 Å². The van der Waals surface area contributed by atoms with E-state index in [4.69, 9.17) is 0 Å². The molecular formula is C17H25N. The highest BCUT2D eigenvalue weighted by Crippen LogP contribution is 2.38. The van der Waals surface area contributed by atoms with Crippen molar-refractivity contribution in [2.45, 2.75) is 51.0 Å². The highest BCUT2D eigenvalue weighted by Gasteiger charge is 2.31. The summed E-state index contributed by atoms with van der Waals surface area (Å²) in [6.07, 6.45) is 9.86. The number of rotatable bonds is 7. The Morgan fingerprint density at radius 2 is 1.72 bits per heavy atom. The summed E-state index contributed by atoms with van der Waals surface area (Å²) in [7, 11) is 0. The molecule has 3 rings (SSSR count). The number of hydrogen-bond donors (Lipinski definition) is 1. The van der Waals surface area contributed by atoms with Gasteiger partial charge in [-0.3, -0.25) is 0 Å². The molecule has 0 aliphatic heterocycles. The number of aryl methyl sites for hydroxylation is 1. The van der Waals surface area contributed by atoms with Gasteiger partial charge in [-0.15, -0.1) is 0 Å². The van der Waals surface area contributed by atoms with Crippen molar-refractivity contribution in [3.05, 3.63) is 35.9 Å². The summed E-state index contributed by atoms with van der Waals surface area (Å²) in [5.41, 5.74) is 1.50. The standard InChI is InChI=1S/C17H25N/c1-2-5-14(6-3-1)7-4-8-15-9-10-16(15)13-18-17-11-12-17/h1-3,5-6,15-18H,4,7-13H2. The minimum atomic E-state index is 0.885. The van der Waals surface area contributed by atoms with Crippen molar-refractivity contribution >= 4 is 0 Å². The predicted molar refractivity (Wildman–Crippen MR) is 76.6 cm³/mol. The van der Waals surface area contributed by atoms with Gasteiger partial charge in [0.05, 0.1) is 0 Å². The normalized spacial score (nSPS) is 26.9. The molecule has 0 amide bonds. The molecule has 2 aliphatic carbocycles. The van der Waals surface area contributed by atoms with Crippen LogP contribution in [0.4, 0.5) is 0 Å². The first-order valence-electron chi connectivity index (χ1n) is 7.69. The molecule has 1 N–H and O–H groups in total. The molecule has 0 aromatic heterocycles. The van der Waals surface area contributed by atoms with Crippen LogP contribution in [0.25, 0.3) is 0 Å². The Balaban J connectivity index is 1.33. The van der Waals surface area contributed by atoms with Gasteiger partial charge in [0, 0.05) is 6.04 Å². The van der Waals surface area contributed by atoms with Gasteiger partial charge in [0.15, 0.2) is 0 Å². The van der Waals surface area contributed by atoms with E-state index in [0.29, 0.717) is 0 Å². The van der Waals surface area contributed by atoms with Gasteiger partial charge in [0.2, 0.25) is 0 Å². The summed E-state index contributed by atoms with van der Waals surface area (Å²) in [6, 6.07) is 11.8. The summed E-state index contributed by atoms with van der Waals surface area (Å²) in [5, 5.41) is 3.70. The molecule has 2 atom stereocenters. The van der Waals surface area contributed by atoms with E-state index >= 15 is 0 Å². The quantitative estimate of drug-likeness (QED) is 0.768. The first-order valence-corrected chi connectivity index (χ1v) is 7.69. The molecule has 0 saturated heterocycles. The molecule has 0 bridgehead atoms. The Morgan fingerprint density at radius 3 is 2.39 bits per heavy atom. The molecule has 2 unspecified atom stereocenters. The zero-order valence-corrected chi connectivity index (χ0v) is 11.3. The van der Waals surface area contributed by atoms with Crippen LogP contribution >= 0.6 is 0 Å². The van der Waals surface area contributed by atoms with Gasteiger partial charge in [0.1, 0.15) is 0 Å². The molecular weight excluding hydrogens is 218 g/mol. The Morgan fingerprint density at radius 1 is 0.944 bits per heavy atom. The molecule has 0 radical (unpaired) electrons. The molecule has 1 nitrogen and oxygen atoms in total. The van der Waals surface area contributed by atoms with E-state index in [1.807, 2.05) is 0 Å². The van der Waals surface area contributed by atoms with Gasteiger partial charge >= 0.3 is 0 Å². The zero-order valence-electron chi connectivity index (χ0n) is 11.3. The molecule has 2 aliphatic rings. The van der Waals surface area contributed by atoms with E-state index in [9.17, 15) is 0 Å². The fourth-order valence-corrected chi connectivity index (χ4v) is 3.11. The summed E-state index contributed by atoms with van der Waals surface area (Å²) < 4.78 is 0. The molecule has 1 aromatic carbocycles. The van der Waals surface area contributed by atoms with E-state index < -0.39 is 0 Å². The second-order valence-electron chi connectivity index (χ2n) is 6.16. The van der Waals surface area contributed by atoms with Gasteiger partial charge in [-0.1, -0.05) is 30.3 Å². The third-order valence-electron chi connectivity index (χ3n) is 4.70. The van der Waals surface area contributed by atoms with Crippen molar-refractivity contribution in [1.29, 1.82) is 0 Å². The fourth-order valence-electron chi connectivity index (χ4n) is 3.11. The fraction of sp³-hybridized carbons (Fsp3) is 0.647. The molecule has 2 fully saturated rings.